The molecule has 4 aromatic rings. The van der Waals surface area contributed by atoms with E-state index in [4.69, 9.17) is 0 Å². The van der Waals surface area contributed by atoms with Crippen LogP contribution in [0.15, 0.2) is 45.3 Å². The van der Waals surface area contributed by atoms with Gasteiger partial charge in [0.05, 0.1) is 6.54 Å². The first-order valence-electron chi connectivity index (χ1n) is 8.23. The molecule has 1 N–H and O–H groups in total. The Morgan fingerprint density at radius 1 is 1.15 bits per heavy atom. The van der Waals surface area contributed by atoms with Crippen LogP contribution < -0.4 is 11.2 Å². The Hall–Kier alpha value is -3.07. The number of aromatic nitrogens is 6. The minimum absolute atomic E-state index is 0.324. The number of H-pyrrole nitrogens is 1. The molecule has 4 rings (SSSR count). The molecule has 0 aliphatic heterocycles. The van der Waals surface area contributed by atoms with Gasteiger partial charge in [0.2, 0.25) is 0 Å². The molecule has 0 aliphatic rings. The number of nitrogens with one attached hydrogen (secondary N) is 1. The Labute approximate surface area is 151 Å². The zero-order valence-corrected chi connectivity index (χ0v) is 14.9. The lowest BCUT2D eigenvalue weighted by molar-refractivity contribution is 0.696. The molecule has 1 aromatic carbocycles. The molecule has 0 atom stereocenters. The van der Waals surface area contributed by atoms with Gasteiger partial charge in [0.25, 0.3) is 5.56 Å². The van der Waals surface area contributed by atoms with Crippen molar-refractivity contribution in [1.29, 1.82) is 0 Å². The van der Waals surface area contributed by atoms with Crippen LogP contribution in [0.1, 0.15) is 18.9 Å². The van der Waals surface area contributed by atoms with Gasteiger partial charge in [-0.15, -0.1) is 5.10 Å². The normalized spacial score (nSPS) is 11.3. The van der Waals surface area contributed by atoms with Gasteiger partial charge in [0.1, 0.15) is 5.69 Å². The van der Waals surface area contributed by atoms with Gasteiger partial charge in [-0.2, -0.15) is 0 Å². The number of benzene rings is 1. The molecular formula is C17H16N6O2S. The minimum Gasteiger partial charge on any atom is -0.317 e. The van der Waals surface area contributed by atoms with Gasteiger partial charge in [-0.25, -0.2) is 9.78 Å². The van der Waals surface area contributed by atoms with Crippen molar-refractivity contribution in [2.75, 3.05) is 0 Å². The van der Waals surface area contributed by atoms with Gasteiger partial charge in [0, 0.05) is 11.9 Å². The summed E-state index contributed by atoms with van der Waals surface area (Å²) in [5.74, 6) is 0.550. The van der Waals surface area contributed by atoms with E-state index >= 15 is 0 Å². The summed E-state index contributed by atoms with van der Waals surface area (Å²) < 4.78 is 7.18. The molecule has 3 heterocycles. The van der Waals surface area contributed by atoms with Crippen LogP contribution in [0.4, 0.5) is 0 Å². The summed E-state index contributed by atoms with van der Waals surface area (Å²) in [6.45, 7) is 2.93. The summed E-state index contributed by atoms with van der Waals surface area (Å²) in [4.78, 5) is 32.0. The zero-order chi connectivity index (χ0) is 18.1. The lowest BCUT2D eigenvalue weighted by Gasteiger charge is -2.07. The minimum atomic E-state index is -0.476. The summed E-state index contributed by atoms with van der Waals surface area (Å²) in [7, 11) is 0. The number of fused-ring (bicyclic) bond motifs is 1. The van der Waals surface area contributed by atoms with Crippen molar-refractivity contribution in [3.05, 3.63) is 62.1 Å². The second-order valence-electron chi connectivity index (χ2n) is 5.88. The average Bonchev–Trinajstić information content (AvgIpc) is 3.28. The molecule has 26 heavy (non-hydrogen) atoms. The van der Waals surface area contributed by atoms with E-state index in [0.29, 0.717) is 35.8 Å². The summed E-state index contributed by atoms with van der Waals surface area (Å²) >= 11 is 1.22. The molecular weight excluding hydrogens is 352 g/mol. The van der Waals surface area contributed by atoms with Crippen LogP contribution in [0.5, 0.6) is 0 Å². The molecule has 0 bridgehead atoms. The molecule has 0 amide bonds. The Balaban J connectivity index is 2.00. The van der Waals surface area contributed by atoms with E-state index in [-0.39, 0.29) is 0 Å². The molecule has 0 spiro atoms. The fraction of sp³-hybridized carbons (Fsp3) is 0.235. The Bertz CT molecular complexity index is 1160. The van der Waals surface area contributed by atoms with Crippen LogP contribution in [-0.2, 0) is 13.1 Å². The maximum absolute atomic E-state index is 12.5. The highest BCUT2D eigenvalue weighted by Crippen LogP contribution is 2.22. The first-order chi connectivity index (χ1) is 12.7. The van der Waals surface area contributed by atoms with Gasteiger partial charge in [0.15, 0.2) is 17.0 Å². The highest BCUT2D eigenvalue weighted by Gasteiger charge is 2.20. The number of aromatic amines is 1. The van der Waals surface area contributed by atoms with Crippen molar-refractivity contribution in [3.63, 3.8) is 0 Å². The average molecular weight is 368 g/mol. The first kappa shape index (κ1) is 16.4. The molecule has 8 nitrogen and oxygen atoms in total. The van der Waals surface area contributed by atoms with Gasteiger partial charge >= 0.3 is 5.69 Å². The SMILES string of the molecule is CCCn1c(-c2csnn2)nc2c1c(=O)[nH]c(=O)n2Cc1ccccc1. The van der Waals surface area contributed by atoms with E-state index < -0.39 is 11.2 Å². The summed E-state index contributed by atoms with van der Waals surface area (Å²) in [5, 5.41) is 5.85. The van der Waals surface area contributed by atoms with E-state index in [1.165, 1.54) is 16.1 Å². The number of imidazole rings is 1. The van der Waals surface area contributed by atoms with E-state index in [0.717, 1.165) is 12.0 Å². The van der Waals surface area contributed by atoms with Gasteiger partial charge in [-0.1, -0.05) is 41.7 Å². The third-order valence-corrected chi connectivity index (χ3v) is 4.61. The lowest BCUT2D eigenvalue weighted by atomic mass is 10.2. The quantitative estimate of drug-likeness (QED) is 0.580. The highest BCUT2D eigenvalue weighted by molar-refractivity contribution is 7.03. The predicted molar refractivity (Wildman–Crippen MR) is 99.4 cm³/mol. The lowest BCUT2D eigenvalue weighted by Crippen LogP contribution is -2.31. The van der Waals surface area contributed by atoms with Crippen LogP contribution in [0.25, 0.3) is 22.7 Å². The third kappa shape index (κ3) is 2.76. The van der Waals surface area contributed by atoms with Crippen LogP contribution in [0.3, 0.4) is 0 Å². The van der Waals surface area contributed by atoms with Gasteiger partial charge in [-0.05, 0) is 23.5 Å². The van der Waals surface area contributed by atoms with Crippen molar-refractivity contribution in [1.82, 2.24) is 28.7 Å². The van der Waals surface area contributed by atoms with E-state index in [1.807, 2.05) is 41.8 Å². The van der Waals surface area contributed by atoms with E-state index in [2.05, 4.69) is 19.6 Å². The van der Waals surface area contributed by atoms with Gasteiger partial charge < -0.3 is 4.57 Å². The maximum atomic E-state index is 12.5. The van der Waals surface area contributed by atoms with Crippen molar-refractivity contribution >= 4 is 22.7 Å². The van der Waals surface area contributed by atoms with E-state index in [1.54, 1.807) is 5.38 Å². The summed E-state index contributed by atoms with van der Waals surface area (Å²) in [6, 6.07) is 9.59. The van der Waals surface area contributed by atoms with Crippen molar-refractivity contribution < 1.29 is 0 Å². The molecule has 0 fully saturated rings. The molecule has 3 aromatic heterocycles. The fourth-order valence-electron chi connectivity index (χ4n) is 2.98. The maximum Gasteiger partial charge on any atom is 0.330 e. The Morgan fingerprint density at radius 2 is 1.96 bits per heavy atom. The van der Waals surface area contributed by atoms with Crippen molar-refractivity contribution in [2.45, 2.75) is 26.4 Å². The monoisotopic (exact) mass is 368 g/mol. The second kappa shape index (κ2) is 6.68. The van der Waals surface area contributed by atoms with Gasteiger partial charge in [-0.3, -0.25) is 14.3 Å². The third-order valence-electron chi connectivity index (χ3n) is 4.11. The second-order valence-corrected chi connectivity index (χ2v) is 6.49. The van der Waals surface area contributed by atoms with E-state index in [9.17, 15) is 9.59 Å². The molecule has 9 heteroatoms. The number of rotatable bonds is 5. The Morgan fingerprint density at radius 3 is 2.65 bits per heavy atom. The molecule has 0 aliphatic carbocycles. The highest BCUT2D eigenvalue weighted by atomic mass is 32.1. The largest absolute Gasteiger partial charge is 0.330 e. The number of aryl methyl sites for hydroxylation is 1. The number of hydrogen-bond acceptors (Lipinski definition) is 6. The number of hydrogen-bond donors (Lipinski definition) is 1. The Kier molecular flexibility index (Phi) is 4.21. The first-order valence-corrected chi connectivity index (χ1v) is 9.07. The van der Waals surface area contributed by atoms with Crippen molar-refractivity contribution in [2.24, 2.45) is 0 Å². The molecule has 0 unspecified atom stereocenters. The van der Waals surface area contributed by atoms with Crippen molar-refractivity contribution in [3.8, 4) is 11.5 Å². The smallest absolute Gasteiger partial charge is 0.317 e. The fourth-order valence-corrected chi connectivity index (χ4v) is 3.42. The zero-order valence-electron chi connectivity index (χ0n) is 14.0. The summed E-state index contributed by atoms with van der Waals surface area (Å²) in [6.07, 6.45) is 0.813. The van der Waals surface area contributed by atoms with Crippen LogP contribution in [0, 0.1) is 0 Å². The van der Waals surface area contributed by atoms with Crippen LogP contribution in [-0.4, -0.2) is 28.7 Å². The standard InChI is InChI=1S/C17H16N6O2S/c1-2-8-22-13-15(18-14(22)12-10-26-21-20-12)23(17(25)19-16(13)24)9-11-6-4-3-5-7-11/h3-7,10H,2,8-9H2,1H3,(H,19,24,25). The van der Waals surface area contributed by atoms with Crippen LogP contribution >= 0.6 is 11.5 Å². The molecule has 0 radical (unpaired) electrons. The molecule has 132 valence electrons. The topological polar surface area (TPSA) is 98.5 Å². The predicted octanol–water partition coefficient (Wildman–Crippen LogP) is 1.86. The number of nitrogens with zero attached hydrogens (tertiary/aromatic N) is 5. The molecule has 0 saturated carbocycles. The summed E-state index contributed by atoms with van der Waals surface area (Å²) in [5.41, 5.74) is 1.37. The van der Waals surface area contributed by atoms with Crippen LogP contribution in [0.2, 0.25) is 0 Å². The molecule has 0 saturated heterocycles.